The first-order valence-electron chi connectivity index (χ1n) is 9.20. The van der Waals surface area contributed by atoms with Crippen molar-refractivity contribution < 1.29 is 18.0 Å². The minimum atomic E-state index is -0.588. The van der Waals surface area contributed by atoms with E-state index in [1.165, 1.54) is 12.1 Å². The number of benzene rings is 2. The molecule has 0 saturated heterocycles. The average molecular weight is 418 g/mol. The molecule has 0 fully saturated rings. The van der Waals surface area contributed by atoms with Crippen LogP contribution < -0.4 is 5.32 Å². The van der Waals surface area contributed by atoms with Gasteiger partial charge in [0.2, 0.25) is 0 Å². The highest BCUT2D eigenvalue weighted by Gasteiger charge is 2.23. The number of aromatic nitrogens is 1. The molecule has 4 rings (SSSR count). The van der Waals surface area contributed by atoms with E-state index >= 15 is 0 Å². The average Bonchev–Trinajstić information content (AvgIpc) is 3.02. The van der Waals surface area contributed by atoms with Gasteiger partial charge in [0.1, 0.15) is 17.4 Å². The Bertz CT molecular complexity index is 1010. The van der Waals surface area contributed by atoms with E-state index in [2.05, 4.69) is 15.2 Å². The first kappa shape index (κ1) is 19.5. The largest absolute Gasteiger partial charge is 0.437 e. The Morgan fingerprint density at radius 3 is 2.66 bits per heavy atom. The molecule has 1 aliphatic heterocycles. The number of halogens is 3. The Balaban J connectivity index is 1.40. The van der Waals surface area contributed by atoms with Crippen molar-refractivity contribution in [2.45, 2.75) is 19.4 Å². The Kier molecular flexibility index (Phi) is 5.60. The Morgan fingerprint density at radius 1 is 1.14 bits per heavy atom. The van der Waals surface area contributed by atoms with Crippen LogP contribution in [0.1, 0.15) is 27.7 Å². The third-order valence-corrected chi connectivity index (χ3v) is 5.06. The van der Waals surface area contributed by atoms with Crippen LogP contribution in [0.25, 0.3) is 0 Å². The standard InChI is InChI=1S/C21H18ClF2N3O2/c22-14-2-5-16(6-3-14)25-20(28)21-26-18-7-9-27(10-8-19(18)29-21)12-13-1-4-15(23)11-17(13)24/h1-6,11H,7-10,12H2,(H,25,28). The molecule has 5 nitrogen and oxygen atoms in total. The number of carbonyl (C=O) groups is 1. The maximum absolute atomic E-state index is 13.9. The maximum atomic E-state index is 13.9. The van der Waals surface area contributed by atoms with E-state index in [-0.39, 0.29) is 5.89 Å². The molecule has 1 N–H and O–H groups in total. The molecule has 0 unspecified atom stereocenters. The molecule has 0 spiro atoms. The smallest absolute Gasteiger partial charge is 0.311 e. The summed E-state index contributed by atoms with van der Waals surface area (Å²) in [4.78, 5) is 18.8. The molecule has 1 aromatic heterocycles. The summed E-state index contributed by atoms with van der Waals surface area (Å²) in [5.74, 6) is -0.887. The third kappa shape index (κ3) is 4.63. The summed E-state index contributed by atoms with van der Waals surface area (Å²) in [6.45, 7) is 1.63. The summed E-state index contributed by atoms with van der Waals surface area (Å²) in [5.41, 5.74) is 1.77. The van der Waals surface area contributed by atoms with E-state index in [0.717, 1.165) is 11.8 Å². The van der Waals surface area contributed by atoms with Crippen LogP contribution in [0.15, 0.2) is 46.9 Å². The summed E-state index contributed by atoms with van der Waals surface area (Å²) >= 11 is 5.84. The lowest BCUT2D eigenvalue weighted by molar-refractivity contribution is 0.0988. The fourth-order valence-corrected chi connectivity index (χ4v) is 3.40. The monoisotopic (exact) mass is 417 g/mol. The van der Waals surface area contributed by atoms with E-state index in [4.69, 9.17) is 16.0 Å². The van der Waals surface area contributed by atoms with Crippen molar-refractivity contribution in [1.82, 2.24) is 9.88 Å². The van der Waals surface area contributed by atoms with E-state index in [1.807, 2.05) is 0 Å². The van der Waals surface area contributed by atoms with Crippen LogP contribution in [0, 0.1) is 11.6 Å². The molecule has 0 saturated carbocycles. The minimum absolute atomic E-state index is 0.0166. The van der Waals surface area contributed by atoms with Crippen molar-refractivity contribution in [2.75, 3.05) is 18.4 Å². The molecular formula is C21H18ClF2N3O2. The van der Waals surface area contributed by atoms with E-state index < -0.39 is 17.5 Å². The van der Waals surface area contributed by atoms with Gasteiger partial charge in [-0.15, -0.1) is 0 Å². The van der Waals surface area contributed by atoms with Crippen molar-refractivity contribution in [1.29, 1.82) is 0 Å². The lowest BCUT2D eigenvalue weighted by atomic mass is 10.2. The van der Waals surface area contributed by atoms with Crippen molar-refractivity contribution in [3.63, 3.8) is 0 Å². The van der Waals surface area contributed by atoms with E-state index in [1.54, 1.807) is 24.3 Å². The second kappa shape index (κ2) is 8.31. The van der Waals surface area contributed by atoms with Crippen LogP contribution in [0.2, 0.25) is 5.02 Å². The minimum Gasteiger partial charge on any atom is -0.437 e. The predicted octanol–water partition coefficient (Wildman–Crippen LogP) is 4.46. The summed E-state index contributed by atoms with van der Waals surface area (Å²) in [5, 5.41) is 3.31. The summed E-state index contributed by atoms with van der Waals surface area (Å²) in [6, 6.07) is 10.4. The van der Waals surface area contributed by atoms with Crippen molar-refractivity contribution in [3.05, 3.63) is 82.0 Å². The number of hydrogen-bond acceptors (Lipinski definition) is 4. The van der Waals surface area contributed by atoms with Gasteiger partial charge in [-0.25, -0.2) is 13.8 Å². The Morgan fingerprint density at radius 2 is 1.90 bits per heavy atom. The molecule has 29 heavy (non-hydrogen) atoms. The number of oxazole rings is 1. The topological polar surface area (TPSA) is 58.4 Å². The summed E-state index contributed by atoms with van der Waals surface area (Å²) < 4.78 is 32.7. The number of carbonyl (C=O) groups excluding carboxylic acids is 1. The molecule has 8 heteroatoms. The molecule has 0 atom stereocenters. The van der Waals surface area contributed by atoms with Crippen molar-refractivity contribution >= 4 is 23.2 Å². The van der Waals surface area contributed by atoms with Crippen LogP contribution >= 0.6 is 11.6 Å². The first-order valence-corrected chi connectivity index (χ1v) is 9.57. The zero-order chi connectivity index (χ0) is 20.4. The summed E-state index contributed by atoms with van der Waals surface area (Å²) in [6.07, 6.45) is 1.13. The molecule has 0 bridgehead atoms. The van der Waals surface area contributed by atoms with Gasteiger partial charge in [-0.2, -0.15) is 0 Å². The van der Waals surface area contributed by atoms with Crippen LogP contribution in [-0.2, 0) is 19.4 Å². The first-order chi connectivity index (χ1) is 14.0. The molecule has 2 aromatic carbocycles. The molecule has 1 amide bonds. The summed E-state index contributed by atoms with van der Waals surface area (Å²) in [7, 11) is 0. The number of hydrogen-bond donors (Lipinski definition) is 1. The van der Waals surface area contributed by atoms with Crippen molar-refractivity contribution in [3.8, 4) is 0 Å². The van der Waals surface area contributed by atoms with Gasteiger partial charge in [0.25, 0.3) is 5.89 Å². The maximum Gasteiger partial charge on any atom is 0.311 e. The molecule has 2 heterocycles. The van der Waals surface area contributed by atoms with Crippen LogP contribution in [0.3, 0.4) is 0 Å². The molecule has 150 valence electrons. The zero-order valence-electron chi connectivity index (χ0n) is 15.4. The highest BCUT2D eigenvalue weighted by atomic mass is 35.5. The van der Waals surface area contributed by atoms with Gasteiger partial charge in [-0.05, 0) is 30.3 Å². The van der Waals surface area contributed by atoms with Crippen LogP contribution in [0.4, 0.5) is 14.5 Å². The number of anilines is 1. The van der Waals surface area contributed by atoms with Gasteiger partial charge in [0, 0.05) is 54.8 Å². The quantitative estimate of drug-likeness (QED) is 0.681. The highest BCUT2D eigenvalue weighted by molar-refractivity contribution is 6.30. The molecule has 1 aliphatic rings. The van der Waals surface area contributed by atoms with Crippen LogP contribution in [-0.4, -0.2) is 28.9 Å². The fraction of sp³-hybridized carbons (Fsp3) is 0.238. The Labute approximate surface area is 171 Å². The normalized spacial score (nSPS) is 14.3. The van der Waals surface area contributed by atoms with Gasteiger partial charge < -0.3 is 9.73 Å². The SMILES string of the molecule is O=C(Nc1ccc(Cl)cc1)c1nc2c(o1)CCN(Cc1ccc(F)cc1F)CC2. The van der Waals surface area contributed by atoms with Crippen LogP contribution in [0.5, 0.6) is 0 Å². The highest BCUT2D eigenvalue weighted by Crippen LogP contribution is 2.21. The van der Waals surface area contributed by atoms with E-state index in [9.17, 15) is 13.6 Å². The molecular weight excluding hydrogens is 400 g/mol. The predicted molar refractivity (Wildman–Crippen MR) is 105 cm³/mol. The second-order valence-electron chi connectivity index (χ2n) is 6.86. The lowest BCUT2D eigenvalue weighted by Gasteiger charge is -2.19. The number of nitrogens with one attached hydrogen (secondary N) is 1. The Hall–Kier alpha value is -2.77. The third-order valence-electron chi connectivity index (χ3n) is 4.80. The van der Waals surface area contributed by atoms with Gasteiger partial charge >= 0.3 is 5.91 Å². The molecule has 3 aromatic rings. The van der Waals surface area contributed by atoms with Gasteiger partial charge in [0.15, 0.2) is 0 Å². The number of amides is 1. The van der Waals surface area contributed by atoms with Gasteiger partial charge in [-0.3, -0.25) is 9.69 Å². The number of rotatable bonds is 4. The van der Waals surface area contributed by atoms with Gasteiger partial charge in [-0.1, -0.05) is 17.7 Å². The molecule has 0 aliphatic carbocycles. The number of nitrogens with zero attached hydrogens (tertiary/aromatic N) is 2. The van der Waals surface area contributed by atoms with Gasteiger partial charge in [0.05, 0.1) is 5.69 Å². The number of fused-ring (bicyclic) bond motifs is 1. The lowest BCUT2D eigenvalue weighted by Crippen LogP contribution is -2.26. The van der Waals surface area contributed by atoms with E-state index in [0.29, 0.717) is 54.5 Å². The molecule has 0 radical (unpaired) electrons. The fourth-order valence-electron chi connectivity index (χ4n) is 3.27. The second-order valence-corrected chi connectivity index (χ2v) is 7.30. The zero-order valence-corrected chi connectivity index (χ0v) is 16.2. The van der Waals surface area contributed by atoms with Crippen molar-refractivity contribution in [2.24, 2.45) is 0 Å².